The maximum Gasteiger partial charge on any atom is 0.343 e. The highest BCUT2D eigenvalue weighted by Gasteiger charge is 2.22. The first kappa shape index (κ1) is 12.8. The van der Waals surface area contributed by atoms with Crippen LogP contribution in [0.4, 0.5) is 0 Å². The quantitative estimate of drug-likeness (QED) is 0.749. The van der Waals surface area contributed by atoms with E-state index >= 15 is 0 Å². The van der Waals surface area contributed by atoms with Crippen LogP contribution in [0.1, 0.15) is 20.8 Å². The molecule has 2 N–H and O–H groups in total. The van der Waals surface area contributed by atoms with Gasteiger partial charge in [-0.05, 0) is 6.92 Å². The smallest absolute Gasteiger partial charge is 0.343 e. The van der Waals surface area contributed by atoms with Crippen LogP contribution >= 0.6 is 11.8 Å². The molecule has 6 nitrogen and oxygen atoms in total. The number of aromatic nitrogens is 3. The van der Waals surface area contributed by atoms with Crippen molar-refractivity contribution in [3.8, 4) is 0 Å². The minimum atomic E-state index is -0.846. The Morgan fingerprint density at radius 3 is 2.75 bits per heavy atom. The zero-order valence-corrected chi connectivity index (χ0v) is 10.2. The first-order valence-corrected chi connectivity index (χ1v) is 5.90. The van der Waals surface area contributed by atoms with Crippen molar-refractivity contribution in [3.05, 3.63) is 10.5 Å². The van der Waals surface area contributed by atoms with Crippen LogP contribution in [-0.2, 0) is 11.3 Å². The number of nitrogens with one attached hydrogen (secondary N) is 1. The lowest BCUT2D eigenvalue weighted by Crippen LogP contribution is -2.21. The fourth-order valence-corrected chi connectivity index (χ4v) is 2.23. The number of hydrogen-bond donors (Lipinski definition) is 2. The maximum atomic E-state index is 11.3. The number of carboxylic acid groups (broad SMARTS) is 1. The third-order valence-electron chi connectivity index (χ3n) is 2.42. The molecule has 0 aliphatic heterocycles. The van der Waals surface area contributed by atoms with Gasteiger partial charge in [0, 0.05) is 11.8 Å². The summed E-state index contributed by atoms with van der Waals surface area (Å²) in [7, 11) is 0. The van der Waals surface area contributed by atoms with Crippen molar-refractivity contribution < 1.29 is 9.90 Å². The molecule has 0 aromatic carbocycles. The molecule has 1 aromatic rings. The molecule has 1 aromatic heterocycles. The summed E-state index contributed by atoms with van der Waals surface area (Å²) in [5, 5.41) is 15.5. The van der Waals surface area contributed by atoms with Crippen LogP contribution in [0.3, 0.4) is 0 Å². The van der Waals surface area contributed by atoms with Gasteiger partial charge >= 0.3 is 11.7 Å². The van der Waals surface area contributed by atoms with Crippen molar-refractivity contribution in [2.75, 3.05) is 0 Å². The lowest BCUT2D eigenvalue weighted by Gasteiger charge is -2.14. The summed E-state index contributed by atoms with van der Waals surface area (Å²) in [6, 6.07) is 0. The number of nitrogens with zero attached hydrogens (tertiary/aromatic N) is 2. The molecule has 90 valence electrons. The lowest BCUT2D eigenvalue weighted by molar-refractivity contribution is -0.140. The topological polar surface area (TPSA) is 88.0 Å². The second kappa shape index (κ2) is 5.20. The zero-order chi connectivity index (χ0) is 12.3. The molecular weight excluding hydrogens is 230 g/mol. The van der Waals surface area contributed by atoms with E-state index in [1.807, 2.05) is 13.8 Å². The monoisotopic (exact) mass is 245 g/mol. The normalized spacial score (nSPS) is 14.7. The van der Waals surface area contributed by atoms with E-state index in [1.165, 1.54) is 16.3 Å². The summed E-state index contributed by atoms with van der Waals surface area (Å²) >= 11 is 1.29. The number of aromatic amines is 1. The lowest BCUT2D eigenvalue weighted by atomic mass is 10.1. The molecule has 0 aliphatic rings. The predicted molar refractivity (Wildman–Crippen MR) is 60.6 cm³/mol. The molecule has 16 heavy (non-hydrogen) atoms. The van der Waals surface area contributed by atoms with Crippen molar-refractivity contribution in [3.63, 3.8) is 0 Å². The van der Waals surface area contributed by atoms with Crippen LogP contribution in [-0.4, -0.2) is 31.1 Å². The summed E-state index contributed by atoms with van der Waals surface area (Å²) in [6.45, 7) is 5.81. The summed E-state index contributed by atoms with van der Waals surface area (Å²) in [5.74, 6) is -1.33. The second-order valence-corrected chi connectivity index (χ2v) is 4.85. The van der Waals surface area contributed by atoms with Gasteiger partial charge < -0.3 is 5.11 Å². The van der Waals surface area contributed by atoms with Crippen LogP contribution in [0, 0.1) is 5.92 Å². The van der Waals surface area contributed by atoms with Crippen LogP contribution in [0.15, 0.2) is 9.95 Å². The molecule has 7 heteroatoms. The molecule has 0 saturated carbocycles. The second-order valence-electron chi connectivity index (χ2n) is 3.51. The summed E-state index contributed by atoms with van der Waals surface area (Å²) in [5.41, 5.74) is -0.264. The van der Waals surface area contributed by atoms with Crippen molar-refractivity contribution in [2.24, 2.45) is 5.92 Å². The summed E-state index contributed by atoms with van der Waals surface area (Å²) in [4.78, 5) is 22.1. The molecule has 0 spiro atoms. The van der Waals surface area contributed by atoms with Crippen LogP contribution in [0.25, 0.3) is 0 Å². The number of carboxylic acids is 1. The third-order valence-corrected chi connectivity index (χ3v) is 3.73. The zero-order valence-electron chi connectivity index (χ0n) is 9.43. The minimum absolute atomic E-state index is 0.141. The Morgan fingerprint density at radius 1 is 1.62 bits per heavy atom. The number of hydrogen-bond acceptors (Lipinski definition) is 4. The molecule has 1 rings (SSSR count). The molecule has 1 heterocycles. The summed E-state index contributed by atoms with van der Waals surface area (Å²) < 4.78 is 1.48. The highest BCUT2D eigenvalue weighted by atomic mass is 32.2. The SMILES string of the molecule is CCn1c(SC(C)C(C)C(=O)O)n[nH]c1=O. The average molecular weight is 245 g/mol. The van der Waals surface area contributed by atoms with Gasteiger partial charge in [0.2, 0.25) is 0 Å². The van der Waals surface area contributed by atoms with Gasteiger partial charge in [-0.1, -0.05) is 25.6 Å². The Morgan fingerprint density at radius 2 is 2.25 bits per heavy atom. The van der Waals surface area contributed by atoms with E-state index in [4.69, 9.17) is 5.11 Å². The molecular formula is C9H15N3O3S. The van der Waals surface area contributed by atoms with Gasteiger partial charge in [-0.3, -0.25) is 9.36 Å². The highest BCUT2D eigenvalue weighted by molar-refractivity contribution is 7.99. The van der Waals surface area contributed by atoms with Gasteiger partial charge in [-0.15, -0.1) is 5.10 Å². The minimum Gasteiger partial charge on any atom is -0.481 e. The van der Waals surface area contributed by atoms with E-state index in [-0.39, 0.29) is 10.9 Å². The highest BCUT2D eigenvalue weighted by Crippen LogP contribution is 2.25. The standard InChI is InChI=1S/C9H15N3O3S/c1-4-12-8(15)10-11-9(12)16-6(3)5(2)7(13)14/h5-6H,4H2,1-3H3,(H,10,15)(H,13,14). The Hall–Kier alpha value is -1.24. The van der Waals surface area contributed by atoms with E-state index in [2.05, 4.69) is 10.2 Å². The predicted octanol–water partition coefficient (Wildman–Crippen LogP) is 0.793. The van der Waals surface area contributed by atoms with E-state index in [0.717, 1.165) is 0 Å². The van der Waals surface area contributed by atoms with Crippen molar-refractivity contribution >= 4 is 17.7 Å². The fourth-order valence-electron chi connectivity index (χ4n) is 1.14. The van der Waals surface area contributed by atoms with Gasteiger partial charge in [0.1, 0.15) is 0 Å². The van der Waals surface area contributed by atoms with Crippen LogP contribution < -0.4 is 5.69 Å². The van der Waals surface area contributed by atoms with Gasteiger partial charge in [0.15, 0.2) is 5.16 Å². The number of thioether (sulfide) groups is 1. The van der Waals surface area contributed by atoms with Gasteiger partial charge in [-0.2, -0.15) is 0 Å². The number of carbonyl (C=O) groups is 1. The van der Waals surface area contributed by atoms with Crippen molar-refractivity contribution in [2.45, 2.75) is 37.7 Å². The van der Waals surface area contributed by atoms with Gasteiger partial charge in [0.25, 0.3) is 0 Å². The Balaban J connectivity index is 2.80. The maximum absolute atomic E-state index is 11.3. The Bertz CT molecular complexity index is 426. The summed E-state index contributed by atoms with van der Waals surface area (Å²) in [6.07, 6.45) is 0. The number of rotatable bonds is 5. The van der Waals surface area contributed by atoms with Crippen LogP contribution in [0.2, 0.25) is 0 Å². The van der Waals surface area contributed by atoms with E-state index < -0.39 is 11.9 Å². The first-order valence-electron chi connectivity index (χ1n) is 5.02. The van der Waals surface area contributed by atoms with E-state index in [9.17, 15) is 9.59 Å². The average Bonchev–Trinajstić information content (AvgIpc) is 2.57. The van der Waals surface area contributed by atoms with Gasteiger partial charge in [0.05, 0.1) is 5.92 Å². The van der Waals surface area contributed by atoms with E-state index in [1.54, 1.807) is 6.92 Å². The number of H-pyrrole nitrogens is 1. The molecule has 0 saturated heterocycles. The van der Waals surface area contributed by atoms with Gasteiger partial charge in [-0.25, -0.2) is 9.89 Å². The molecule has 0 fully saturated rings. The Kier molecular flexibility index (Phi) is 4.17. The molecule has 0 radical (unpaired) electrons. The largest absolute Gasteiger partial charge is 0.481 e. The first-order chi connectivity index (χ1) is 7.47. The van der Waals surface area contributed by atoms with E-state index in [0.29, 0.717) is 11.7 Å². The third kappa shape index (κ3) is 2.66. The van der Waals surface area contributed by atoms with Crippen molar-refractivity contribution in [1.29, 1.82) is 0 Å². The fraction of sp³-hybridized carbons (Fsp3) is 0.667. The van der Waals surface area contributed by atoms with Crippen molar-refractivity contribution in [1.82, 2.24) is 14.8 Å². The molecule has 0 amide bonds. The molecule has 2 atom stereocenters. The molecule has 2 unspecified atom stereocenters. The van der Waals surface area contributed by atoms with Crippen LogP contribution in [0.5, 0.6) is 0 Å². The Labute approximate surface area is 97.1 Å². The molecule has 0 bridgehead atoms. The molecule has 0 aliphatic carbocycles. The number of aliphatic carboxylic acids is 1.